The molecule has 1 saturated heterocycles. The molecule has 0 radical (unpaired) electrons. The van der Waals surface area contributed by atoms with Gasteiger partial charge in [-0.15, -0.1) is 0 Å². The van der Waals surface area contributed by atoms with Crippen molar-refractivity contribution in [3.05, 3.63) is 68.6 Å². The highest BCUT2D eigenvalue weighted by Gasteiger charge is 2.48. The first kappa shape index (κ1) is 22.5. The summed E-state index contributed by atoms with van der Waals surface area (Å²) in [6.45, 7) is 3.82. The summed E-state index contributed by atoms with van der Waals surface area (Å²) in [4.78, 5) is 28.9. The predicted octanol–water partition coefficient (Wildman–Crippen LogP) is 3.16. The highest BCUT2D eigenvalue weighted by atomic mass is 32.2. The van der Waals surface area contributed by atoms with Crippen molar-refractivity contribution >= 4 is 26.7 Å². The van der Waals surface area contributed by atoms with Crippen LogP contribution in [0.15, 0.2) is 39.5 Å². The fourth-order valence-corrected chi connectivity index (χ4v) is 6.68. The van der Waals surface area contributed by atoms with Crippen molar-refractivity contribution in [3.8, 4) is 11.5 Å². The van der Waals surface area contributed by atoms with Gasteiger partial charge in [-0.25, -0.2) is 8.42 Å². The molecule has 0 aliphatic carbocycles. The first-order valence-electron chi connectivity index (χ1n) is 11.0. The van der Waals surface area contributed by atoms with Crippen molar-refractivity contribution in [1.29, 1.82) is 0 Å². The summed E-state index contributed by atoms with van der Waals surface area (Å²) >= 11 is 0. The van der Waals surface area contributed by atoms with Crippen LogP contribution < -0.4 is 14.9 Å². The normalized spacial score (nSPS) is 21.2. The second-order valence-electron chi connectivity index (χ2n) is 8.89. The molecule has 5 rings (SSSR count). The average Bonchev–Trinajstić information content (AvgIpc) is 3.31. The summed E-state index contributed by atoms with van der Waals surface area (Å²) in [5.74, 6) is 0.276. The molecule has 1 amide bonds. The van der Waals surface area contributed by atoms with Crippen molar-refractivity contribution < 1.29 is 27.1 Å². The van der Waals surface area contributed by atoms with E-state index in [1.165, 1.54) is 19.1 Å². The molecule has 2 aliphatic rings. The van der Waals surface area contributed by atoms with E-state index in [4.69, 9.17) is 13.9 Å². The van der Waals surface area contributed by atoms with E-state index in [1.54, 1.807) is 30.3 Å². The van der Waals surface area contributed by atoms with Crippen LogP contribution in [0.25, 0.3) is 11.0 Å². The molecule has 0 saturated carbocycles. The number of benzene rings is 2. The number of ether oxygens (including phenoxy) is 2. The van der Waals surface area contributed by atoms with Crippen LogP contribution in [-0.2, 0) is 9.84 Å². The second-order valence-corrected chi connectivity index (χ2v) is 11.1. The van der Waals surface area contributed by atoms with E-state index in [9.17, 15) is 18.0 Å². The fraction of sp³-hybridized carbons (Fsp3) is 0.360. The molecule has 2 aliphatic heterocycles. The Kier molecular flexibility index (Phi) is 5.20. The molecule has 3 heterocycles. The molecule has 2 atom stereocenters. The monoisotopic (exact) mass is 483 g/mol. The maximum Gasteiger partial charge on any atom is 0.291 e. The fourth-order valence-electron chi connectivity index (χ4n) is 4.97. The zero-order valence-corrected chi connectivity index (χ0v) is 20.2. The molecule has 8 nitrogen and oxygen atoms in total. The Morgan fingerprint density at radius 2 is 1.71 bits per heavy atom. The number of fused-ring (bicyclic) bond motifs is 2. The maximum atomic E-state index is 13.8. The van der Waals surface area contributed by atoms with Gasteiger partial charge in [0, 0.05) is 6.04 Å². The van der Waals surface area contributed by atoms with Gasteiger partial charge in [0.1, 0.15) is 5.58 Å². The summed E-state index contributed by atoms with van der Waals surface area (Å²) in [6.07, 6.45) is 0.303. The lowest BCUT2D eigenvalue weighted by molar-refractivity contribution is 0.0662. The lowest BCUT2D eigenvalue weighted by Crippen LogP contribution is -2.40. The third-order valence-electron chi connectivity index (χ3n) is 6.85. The summed E-state index contributed by atoms with van der Waals surface area (Å²) in [7, 11) is -0.255. The van der Waals surface area contributed by atoms with Gasteiger partial charge in [0.05, 0.1) is 42.7 Å². The number of aryl methyl sites for hydroxylation is 2. The third kappa shape index (κ3) is 3.37. The van der Waals surface area contributed by atoms with E-state index in [0.29, 0.717) is 34.5 Å². The first-order valence-corrected chi connectivity index (χ1v) is 12.8. The van der Waals surface area contributed by atoms with Crippen LogP contribution in [0.2, 0.25) is 0 Å². The van der Waals surface area contributed by atoms with Gasteiger partial charge in [0.25, 0.3) is 5.91 Å². The zero-order valence-electron chi connectivity index (χ0n) is 19.4. The Morgan fingerprint density at radius 3 is 2.35 bits per heavy atom. The number of methoxy groups -OCH3 is 2. The predicted molar refractivity (Wildman–Crippen MR) is 127 cm³/mol. The van der Waals surface area contributed by atoms with Crippen molar-refractivity contribution in [2.45, 2.75) is 32.4 Å². The van der Waals surface area contributed by atoms with Crippen LogP contribution in [0.1, 0.15) is 45.3 Å². The second kappa shape index (κ2) is 7.87. The average molecular weight is 484 g/mol. The minimum Gasteiger partial charge on any atom is -0.493 e. The van der Waals surface area contributed by atoms with Crippen molar-refractivity contribution in [3.63, 3.8) is 0 Å². The quantitative estimate of drug-likeness (QED) is 0.562. The summed E-state index contributed by atoms with van der Waals surface area (Å²) < 4.78 is 41.4. The van der Waals surface area contributed by atoms with E-state index in [-0.39, 0.29) is 28.3 Å². The topological polar surface area (TPSA) is 103 Å². The standard InChI is InChI=1S/C25H25NO7S/c1-13-9-17-19(10-14(13)2)33-24-21(23(17)27)22(15-5-6-18(31-3)20(11-15)32-4)26(25(24)28)16-7-8-34(29,30)12-16/h5-6,9-11,16,22H,7-8,12H2,1-4H3. The maximum absolute atomic E-state index is 13.8. The van der Waals surface area contributed by atoms with E-state index in [2.05, 4.69) is 0 Å². The van der Waals surface area contributed by atoms with Crippen LogP contribution >= 0.6 is 0 Å². The van der Waals surface area contributed by atoms with Crippen molar-refractivity contribution in [2.24, 2.45) is 0 Å². The molecule has 2 unspecified atom stereocenters. The van der Waals surface area contributed by atoms with Gasteiger partial charge in [-0.3, -0.25) is 9.59 Å². The highest BCUT2D eigenvalue weighted by molar-refractivity contribution is 7.91. The van der Waals surface area contributed by atoms with Crippen LogP contribution in [0.5, 0.6) is 11.5 Å². The summed E-state index contributed by atoms with van der Waals surface area (Å²) in [5, 5.41) is 0.390. The summed E-state index contributed by atoms with van der Waals surface area (Å²) in [5.41, 5.74) is 2.76. The molecular weight excluding hydrogens is 458 g/mol. The van der Waals surface area contributed by atoms with Crippen LogP contribution in [-0.4, -0.2) is 51.0 Å². The number of hydrogen-bond acceptors (Lipinski definition) is 7. The third-order valence-corrected chi connectivity index (χ3v) is 8.60. The van der Waals surface area contributed by atoms with E-state index in [1.807, 2.05) is 13.8 Å². The molecular formula is C25H25NO7S. The van der Waals surface area contributed by atoms with E-state index < -0.39 is 27.8 Å². The molecule has 1 aromatic heterocycles. The van der Waals surface area contributed by atoms with Crippen molar-refractivity contribution in [2.75, 3.05) is 25.7 Å². The van der Waals surface area contributed by atoms with Gasteiger partial charge in [-0.1, -0.05) is 6.07 Å². The summed E-state index contributed by atoms with van der Waals surface area (Å²) in [6, 6.07) is 7.34. The Bertz CT molecular complexity index is 1510. The van der Waals surface area contributed by atoms with E-state index >= 15 is 0 Å². The van der Waals surface area contributed by atoms with Crippen LogP contribution in [0, 0.1) is 13.8 Å². The number of rotatable bonds is 4. The lowest BCUT2D eigenvalue weighted by Gasteiger charge is -2.30. The SMILES string of the molecule is COc1ccc(C2c3c(oc4cc(C)c(C)cc4c3=O)C(=O)N2C2CCS(=O)(=O)C2)cc1OC. The minimum atomic E-state index is -3.28. The number of carbonyl (C=O) groups is 1. The minimum absolute atomic E-state index is 0.00180. The molecule has 2 aromatic carbocycles. The van der Waals surface area contributed by atoms with Crippen LogP contribution in [0.3, 0.4) is 0 Å². The molecule has 9 heteroatoms. The van der Waals surface area contributed by atoms with Crippen LogP contribution in [0.4, 0.5) is 0 Å². The number of hydrogen-bond donors (Lipinski definition) is 0. The van der Waals surface area contributed by atoms with Gasteiger partial charge in [-0.2, -0.15) is 0 Å². The highest BCUT2D eigenvalue weighted by Crippen LogP contribution is 2.43. The van der Waals surface area contributed by atoms with Gasteiger partial charge < -0.3 is 18.8 Å². The molecule has 178 valence electrons. The van der Waals surface area contributed by atoms with Gasteiger partial charge in [-0.05, 0) is 61.2 Å². The Morgan fingerprint density at radius 1 is 1.00 bits per heavy atom. The smallest absolute Gasteiger partial charge is 0.291 e. The Labute approximate surface area is 197 Å². The molecule has 3 aromatic rings. The number of amides is 1. The first-order chi connectivity index (χ1) is 16.1. The molecule has 0 bridgehead atoms. The Balaban J connectivity index is 1.78. The zero-order chi connectivity index (χ0) is 24.4. The van der Waals surface area contributed by atoms with Crippen molar-refractivity contribution in [1.82, 2.24) is 4.90 Å². The molecule has 34 heavy (non-hydrogen) atoms. The molecule has 1 fully saturated rings. The van der Waals surface area contributed by atoms with Gasteiger partial charge in [0.15, 0.2) is 26.8 Å². The molecule has 0 spiro atoms. The Hall–Kier alpha value is -3.33. The number of carbonyl (C=O) groups excluding carboxylic acids is 1. The molecule has 0 N–H and O–H groups in total. The number of sulfone groups is 1. The van der Waals surface area contributed by atoms with Gasteiger partial charge in [0.2, 0.25) is 5.76 Å². The lowest BCUT2D eigenvalue weighted by atomic mass is 9.96. The van der Waals surface area contributed by atoms with E-state index in [0.717, 1.165) is 11.1 Å². The largest absolute Gasteiger partial charge is 0.493 e. The van der Waals surface area contributed by atoms with Gasteiger partial charge >= 0.3 is 0 Å². The number of nitrogens with zero attached hydrogens (tertiary/aromatic N) is 1.